The summed E-state index contributed by atoms with van der Waals surface area (Å²) < 4.78 is 5.44. The average Bonchev–Trinajstić information content (AvgIpc) is 2.25. The molecule has 0 aliphatic carbocycles. The first-order valence-electron chi connectivity index (χ1n) is 5.13. The normalized spacial score (nSPS) is 10.2. The fraction of sp³-hybridized carbons (Fsp3) is 0.308. The first-order chi connectivity index (χ1) is 7.56. The van der Waals surface area contributed by atoms with E-state index in [2.05, 4.69) is 20.4 Å². The second kappa shape index (κ2) is 6.03. The van der Waals surface area contributed by atoms with Crippen molar-refractivity contribution in [1.82, 2.24) is 0 Å². The molecule has 3 heteroatoms. The van der Waals surface area contributed by atoms with Crippen LogP contribution in [0.25, 0.3) is 0 Å². The highest BCUT2D eigenvalue weighted by Crippen LogP contribution is 2.26. The third-order valence-electron chi connectivity index (χ3n) is 2.24. The zero-order valence-corrected chi connectivity index (χ0v) is 11.7. The van der Waals surface area contributed by atoms with E-state index in [1.165, 1.54) is 0 Å². The van der Waals surface area contributed by atoms with Crippen LogP contribution in [0.3, 0.4) is 0 Å². The summed E-state index contributed by atoms with van der Waals surface area (Å²) in [5.74, 6) is 1.03. The Kier molecular flexibility index (Phi) is 4.99. The summed E-state index contributed by atoms with van der Waals surface area (Å²) in [5.41, 5.74) is 1.78. The van der Waals surface area contributed by atoms with E-state index < -0.39 is 0 Å². The van der Waals surface area contributed by atoms with Gasteiger partial charge in [-0.05, 0) is 23.6 Å². The molecule has 0 spiro atoms. The Labute approximate surface area is 110 Å². The van der Waals surface area contributed by atoms with Crippen LogP contribution in [0.5, 0.6) is 5.75 Å². The molecular weight excluding hydrogens is 315 g/mol. The van der Waals surface area contributed by atoms with Crippen molar-refractivity contribution < 1.29 is 9.53 Å². The van der Waals surface area contributed by atoms with Gasteiger partial charge in [-0.3, -0.25) is 4.79 Å². The topological polar surface area (TPSA) is 26.3 Å². The van der Waals surface area contributed by atoms with Crippen molar-refractivity contribution in [2.45, 2.75) is 19.8 Å². The molecule has 0 saturated carbocycles. The third-order valence-corrected chi connectivity index (χ3v) is 2.82. The van der Waals surface area contributed by atoms with E-state index in [0.717, 1.165) is 5.56 Å². The maximum Gasteiger partial charge on any atom is 0.226 e. The molecule has 0 aliphatic heterocycles. The van der Waals surface area contributed by atoms with Crippen LogP contribution in [0.4, 0.5) is 0 Å². The highest BCUT2D eigenvalue weighted by atomic mass is 127. The summed E-state index contributed by atoms with van der Waals surface area (Å²) in [6.07, 6.45) is 1.66. The maximum absolute atomic E-state index is 11.5. The van der Waals surface area contributed by atoms with Gasteiger partial charge in [-0.25, -0.2) is 0 Å². The van der Waals surface area contributed by atoms with Crippen molar-refractivity contribution in [2.75, 3.05) is 6.61 Å². The molecule has 0 atom stereocenters. The number of ether oxygens (including phenoxy) is 1. The van der Waals surface area contributed by atoms with E-state index in [4.69, 9.17) is 4.74 Å². The Morgan fingerprint density at radius 2 is 2.25 bits per heavy atom. The van der Waals surface area contributed by atoms with Gasteiger partial charge in [0.15, 0.2) is 0 Å². The first kappa shape index (κ1) is 13.2. The summed E-state index contributed by atoms with van der Waals surface area (Å²) in [7, 11) is 0. The van der Waals surface area contributed by atoms with E-state index in [1.807, 2.05) is 18.2 Å². The highest BCUT2D eigenvalue weighted by molar-refractivity contribution is 14.1. The van der Waals surface area contributed by atoms with E-state index in [9.17, 15) is 4.79 Å². The van der Waals surface area contributed by atoms with Gasteiger partial charge in [0.2, 0.25) is 3.79 Å². The summed E-state index contributed by atoms with van der Waals surface area (Å²) in [5, 5.41) is 0. The van der Waals surface area contributed by atoms with Gasteiger partial charge in [-0.1, -0.05) is 32.6 Å². The van der Waals surface area contributed by atoms with Crippen molar-refractivity contribution >= 4 is 26.4 Å². The molecule has 0 unspecified atom stereocenters. The molecule has 1 aromatic carbocycles. The fourth-order valence-corrected chi connectivity index (χ4v) is 1.76. The fourth-order valence-electron chi connectivity index (χ4n) is 1.33. The molecule has 86 valence electrons. The van der Waals surface area contributed by atoms with Crippen molar-refractivity contribution in [2.24, 2.45) is 0 Å². The lowest BCUT2D eigenvalue weighted by atomic mass is 10.0. The highest BCUT2D eigenvalue weighted by Gasteiger charge is 2.11. The molecule has 0 N–H and O–H groups in total. The van der Waals surface area contributed by atoms with Gasteiger partial charge >= 0.3 is 0 Å². The smallest absolute Gasteiger partial charge is 0.226 e. The van der Waals surface area contributed by atoms with Crippen LogP contribution in [0.1, 0.15) is 35.7 Å². The number of carbonyl (C=O) groups excluding carboxylic acids is 1. The van der Waals surface area contributed by atoms with Gasteiger partial charge < -0.3 is 4.74 Å². The van der Waals surface area contributed by atoms with Crippen LogP contribution in [0.15, 0.2) is 30.9 Å². The van der Waals surface area contributed by atoms with Crippen LogP contribution in [0.2, 0.25) is 0 Å². The molecule has 0 bridgehead atoms. The van der Waals surface area contributed by atoms with Gasteiger partial charge in [0.1, 0.15) is 12.4 Å². The molecular formula is C13H15IO2. The van der Waals surface area contributed by atoms with E-state index in [-0.39, 0.29) is 3.79 Å². The SMILES string of the molecule is C=CCOc1ccc(C(C)C)cc1C(=O)I. The van der Waals surface area contributed by atoms with Gasteiger partial charge in [0.25, 0.3) is 0 Å². The van der Waals surface area contributed by atoms with Crippen LogP contribution in [0, 0.1) is 0 Å². The molecule has 1 rings (SSSR count). The van der Waals surface area contributed by atoms with Crippen molar-refractivity contribution in [1.29, 1.82) is 0 Å². The molecule has 0 radical (unpaired) electrons. The minimum Gasteiger partial charge on any atom is -0.489 e. The molecule has 2 nitrogen and oxygen atoms in total. The molecule has 0 aliphatic rings. The Morgan fingerprint density at radius 3 is 2.75 bits per heavy atom. The zero-order valence-electron chi connectivity index (χ0n) is 9.50. The lowest BCUT2D eigenvalue weighted by molar-refractivity contribution is 0.110. The largest absolute Gasteiger partial charge is 0.489 e. The minimum atomic E-state index is -0.000776. The third kappa shape index (κ3) is 3.33. The van der Waals surface area contributed by atoms with Gasteiger partial charge in [-0.15, -0.1) is 0 Å². The van der Waals surface area contributed by atoms with Crippen molar-refractivity contribution in [3.05, 3.63) is 42.0 Å². The molecule has 0 fully saturated rings. The van der Waals surface area contributed by atoms with Crippen LogP contribution in [-0.2, 0) is 0 Å². The van der Waals surface area contributed by atoms with Gasteiger partial charge in [-0.2, -0.15) is 0 Å². The number of benzene rings is 1. The van der Waals surface area contributed by atoms with Crippen molar-refractivity contribution in [3.8, 4) is 5.75 Å². The number of carbonyl (C=O) groups is 1. The summed E-state index contributed by atoms with van der Waals surface area (Å²) in [6, 6.07) is 5.74. The van der Waals surface area contributed by atoms with Crippen LogP contribution in [-0.4, -0.2) is 10.4 Å². The van der Waals surface area contributed by atoms with E-state index in [0.29, 0.717) is 23.8 Å². The maximum atomic E-state index is 11.5. The second-order valence-corrected chi connectivity index (χ2v) is 4.76. The number of rotatable bonds is 5. The summed E-state index contributed by atoms with van der Waals surface area (Å²) >= 11 is 1.78. The Morgan fingerprint density at radius 1 is 1.56 bits per heavy atom. The standard InChI is InChI=1S/C13H15IO2/c1-4-7-16-12-6-5-10(9(2)3)8-11(12)13(14)15/h4-6,8-9H,1,7H2,2-3H3. The molecule has 0 amide bonds. The lowest BCUT2D eigenvalue weighted by Gasteiger charge is -2.11. The summed E-state index contributed by atoms with van der Waals surface area (Å²) in [4.78, 5) is 11.5. The van der Waals surface area contributed by atoms with Crippen molar-refractivity contribution in [3.63, 3.8) is 0 Å². The van der Waals surface area contributed by atoms with E-state index >= 15 is 0 Å². The van der Waals surface area contributed by atoms with Gasteiger partial charge in [0, 0.05) is 22.6 Å². The number of halogens is 1. The average molecular weight is 330 g/mol. The van der Waals surface area contributed by atoms with E-state index in [1.54, 1.807) is 28.7 Å². The molecule has 0 heterocycles. The number of hydrogen-bond acceptors (Lipinski definition) is 2. The monoisotopic (exact) mass is 330 g/mol. The molecule has 16 heavy (non-hydrogen) atoms. The molecule has 0 aromatic heterocycles. The Balaban J connectivity index is 3.09. The van der Waals surface area contributed by atoms with Gasteiger partial charge in [0.05, 0.1) is 5.56 Å². The molecule has 1 aromatic rings. The molecule has 0 saturated heterocycles. The quantitative estimate of drug-likeness (QED) is 0.464. The summed E-state index contributed by atoms with van der Waals surface area (Å²) in [6.45, 7) is 8.20. The minimum absolute atomic E-state index is 0.000776. The number of hydrogen-bond donors (Lipinski definition) is 0. The second-order valence-electron chi connectivity index (χ2n) is 3.78. The predicted molar refractivity (Wildman–Crippen MR) is 74.6 cm³/mol. The van der Waals surface area contributed by atoms with Crippen LogP contribution >= 0.6 is 22.6 Å². The zero-order chi connectivity index (χ0) is 12.1. The first-order valence-corrected chi connectivity index (χ1v) is 6.21. The Hall–Kier alpha value is -0.840. The predicted octanol–water partition coefficient (Wildman–Crippen LogP) is 3.95. The van der Waals surface area contributed by atoms with Crippen LogP contribution < -0.4 is 4.74 Å². The lowest BCUT2D eigenvalue weighted by Crippen LogP contribution is -2.01. The Bertz CT molecular complexity index is 397.